The van der Waals surface area contributed by atoms with Crippen molar-refractivity contribution in [3.8, 4) is 0 Å². The van der Waals surface area contributed by atoms with Crippen LogP contribution in [0.15, 0.2) is 36.5 Å². The molecule has 0 saturated heterocycles. The zero-order valence-corrected chi connectivity index (χ0v) is 12.0. The number of pyridine rings is 1. The molecule has 0 bridgehead atoms. The minimum absolute atomic E-state index is 0.101. The van der Waals surface area contributed by atoms with Gasteiger partial charge in [-0.25, -0.2) is 4.98 Å². The Labute approximate surface area is 122 Å². The van der Waals surface area contributed by atoms with Crippen LogP contribution in [0.5, 0.6) is 0 Å². The molecular formula is C16H17FN4. The van der Waals surface area contributed by atoms with Gasteiger partial charge in [-0.2, -0.15) is 9.49 Å². The average Bonchev–Trinajstić information content (AvgIpc) is 2.93. The molecule has 5 heteroatoms. The van der Waals surface area contributed by atoms with Gasteiger partial charge in [-0.05, 0) is 23.6 Å². The summed E-state index contributed by atoms with van der Waals surface area (Å²) in [4.78, 5) is 4.02. The van der Waals surface area contributed by atoms with E-state index in [4.69, 9.17) is 5.73 Å². The molecule has 0 saturated carbocycles. The quantitative estimate of drug-likeness (QED) is 0.725. The first-order chi connectivity index (χ1) is 10.1. The molecule has 0 spiro atoms. The van der Waals surface area contributed by atoms with Gasteiger partial charge in [0, 0.05) is 10.9 Å². The number of rotatable bonds is 3. The van der Waals surface area contributed by atoms with Crippen LogP contribution in [0.25, 0.3) is 10.9 Å². The monoisotopic (exact) mass is 284 g/mol. The van der Waals surface area contributed by atoms with Crippen LogP contribution >= 0.6 is 0 Å². The minimum atomic E-state index is -0.464. The van der Waals surface area contributed by atoms with E-state index in [2.05, 4.69) is 15.2 Å². The van der Waals surface area contributed by atoms with Crippen molar-refractivity contribution in [1.82, 2.24) is 15.2 Å². The molecule has 1 unspecified atom stereocenters. The largest absolute Gasteiger partial charge is 0.319 e. The highest BCUT2D eigenvalue weighted by Crippen LogP contribution is 2.24. The number of benzene rings is 1. The molecule has 0 amide bonds. The highest BCUT2D eigenvalue weighted by molar-refractivity contribution is 5.78. The van der Waals surface area contributed by atoms with Crippen molar-refractivity contribution in [1.29, 1.82) is 0 Å². The van der Waals surface area contributed by atoms with Crippen molar-refractivity contribution in [2.24, 2.45) is 5.73 Å². The van der Waals surface area contributed by atoms with E-state index in [0.717, 1.165) is 16.5 Å². The highest BCUT2D eigenvalue weighted by Gasteiger charge is 2.15. The van der Waals surface area contributed by atoms with E-state index in [1.165, 1.54) is 0 Å². The van der Waals surface area contributed by atoms with Crippen molar-refractivity contribution >= 4 is 10.9 Å². The van der Waals surface area contributed by atoms with Crippen molar-refractivity contribution in [3.63, 3.8) is 0 Å². The van der Waals surface area contributed by atoms with Gasteiger partial charge in [0.2, 0.25) is 5.95 Å². The Bertz CT molecular complexity index is 779. The summed E-state index contributed by atoms with van der Waals surface area (Å²) >= 11 is 0. The summed E-state index contributed by atoms with van der Waals surface area (Å²) in [7, 11) is 0. The second-order valence-electron chi connectivity index (χ2n) is 5.47. The van der Waals surface area contributed by atoms with Gasteiger partial charge in [0.05, 0.1) is 23.4 Å². The van der Waals surface area contributed by atoms with E-state index in [1.807, 2.05) is 32.0 Å². The van der Waals surface area contributed by atoms with Crippen molar-refractivity contribution in [2.75, 3.05) is 0 Å². The first kappa shape index (κ1) is 13.7. The number of nitrogens with two attached hydrogens (primary N) is 1. The van der Waals surface area contributed by atoms with Gasteiger partial charge >= 0.3 is 0 Å². The topological polar surface area (TPSA) is 67.6 Å². The summed E-state index contributed by atoms with van der Waals surface area (Å²) < 4.78 is 14.0. The van der Waals surface area contributed by atoms with Gasteiger partial charge in [-0.1, -0.05) is 32.0 Å². The van der Waals surface area contributed by atoms with Gasteiger partial charge in [-0.15, -0.1) is 0 Å². The molecule has 0 aliphatic rings. The molecule has 4 nitrogen and oxygen atoms in total. The smallest absolute Gasteiger partial charge is 0.216 e. The number of aromatic nitrogens is 3. The van der Waals surface area contributed by atoms with Crippen LogP contribution in [-0.4, -0.2) is 15.2 Å². The lowest BCUT2D eigenvalue weighted by Crippen LogP contribution is -2.15. The molecule has 0 aliphatic carbocycles. The number of halogens is 1. The van der Waals surface area contributed by atoms with Crippen LogP contribution in [0.3, 0.4) is 0 Å². The zero-order chi connectivity index (χ0) is 15.0. The standard InChI is InChI=1S/C16H17FN4/c1-9(2)12-5-6-13(20-16(12)17)15(18)10-3-4-11-8-19-21-14(11)7-10/h3-9,15H,18H2,1-2H3,(H,19,21). The summed E-state index contributed by atoms with van der Waals surface area (Å²) in [5.74, 6) is -0.343. The fraction of sp³-hybridized carbons (Fsp3) is 0.250. The Kier molecular flexibility index (Phi) is 3.43. The Morgan fingerprint density at radius 1 is 1.19 bits per heavy atom. The van der Waals surface area contributed by atoms with E-state index in [9.17, 15) is 4.39 Å². The Morgan fingerprint density at radius 2 is 2.00 bits per heavy atom. The lowest BCUT2D eigenvalue weighted by Gasteiger charge is -2.14. The van der Waals surface area contributed by atoms with Crippen molar-refractivity contribution in [3.05, 3.63) is 59.3 Å². The average molecular weight is 284 g/mol. The predicted octanol–water partition coefficient (Wildman–Crippen LogP) is 3.27. The van der Waals surface area contributed by atoms with E-state index < -0.39 is 12.0 Å². The Morgan fingerprint density at radius 3 is 2.71 bits per heavy atom. The number of nitrogens with zero attached hydrogens (tertiary/aromatic N) is 2. The summed E-state index contributed by atoms with van der Waals surface area (Å²) in [5, 5.41) is 7.89. The molecule has 3 aromatic rings. The van der Waals surface area contributed by atoms with Crippen LogP contribution in [0.1, 0.15) is 42.6 Å². The van der Waals surface area contributed by atoms with E-state index in [0.29, 0.717) is 11.3 Å². The molecule has 2 aromatic heterocycles. The van der Waals surface area contributed by atoms with Crippen molar-refractivity contribution in [2.45, 2.75) is 25.8 Å². The van der Waals surface area contributed by atoms with E-state index in [1.54, 1.807) is 18.3 Å². The maximum absolute atomic E-state index is 14.0. The lowest BCUT2D eigenvalue weighted by molar-refractivity contribution is 0.546. The van der Waals surface area contributed by atoms with Gasteiger partial charge in [0.15, 0.2) is 0 Å². The molecule has 0 radical (unpaired) electrons. The predicted molar refractivity (Wildman–Crippen MR) is 80.4 cm³/mol. The van der Waals surface area contributed by atoms with E-state index >= 15 is 0 Å². The number of nitrogens with one attached hydrogen (secondary N) is 1. The number of hydrogen-bond donors (Lipinski definition) is 2. The third-order valence-electron chi connectivity index (χ3n) is 3.66. The summed E-state index contributed by atoms with van der Waals surface area (Å²) in [6.07, 6.45) is 1.75. The zero-order valence-electron chi connectivity index (χ0n) is 12.0. The molecule has 21 heavy (non-hydrogen) atoms. The third-order valence-corrected chi connectivity index (χ3v) is 3.66. The minimum Gasteiger partial charge on any atom is -0.319 e. The summed E-state index contributed by atoms with van der Waals surface area (Å²) in [6, 6.07) is 8.86. The molecule has 1 aromatic carbocycles. The Hall–Kier alpha value is -2.27. The first-order valence-corrected chi connectivity index (χ1v) is 6.91. The molecule has 1 atom stereocenters. The summed E-state index contributed by atoms with van der Waals surface area (Å²) in [5.41, 5.74) is 9.11. The first-order valence-electron chi connectivity index (χ1n) is 6.91. The second-order valence-corrected chi connectivity index (χ2v) is 5.47. The van der Waals surface area contributed by atoms with Crippen molar-refractivity contribution < 1.29 is 4.39 Å². The molecule has 0 aliphatic heterocycles. The number of hydrogen-bond acceptors (Lipinski definition) is 3. The maximum Gasteiger partial charge on any atom is 0.216 e. The molecule has 2 heterocycles. The van der Waals surface area contributed by atoms with Crippen LogP contribution in [0.4, 0.5) is 4.39 Å². The molecule has 3 rings (SSSR count). The van der Waals surface area contributed by atoms with Crippen LogP contribution < -0.4 is 5.73 Å². The van der Waals surface area contributed by atoms with Gasteiger partial charge in [-0.3, -0.25) is 5.10 Å². The van der Waals surface area contributed by atoms with Crippen LogP contribution in [0, 0.1) is 5.95 Å². The van der Waals surface area contributed by atoms with Gasteiger partial charge in [0.1, 0.15) is 0 Å². The normalized spacial score (nSPS) is 13.0. The fourth-order valence-corrected chi connectivity index (χ4v) is 2.38. The van der Waals surface area contributed by atoms with Gasteiger partial charge < -0.3 is 5.73 Å². The maximum atomic E-state index is 14.0. The van der Waals surface area contributed by atoms with E-state index in [-0.39, 0.29) is 5.92 Å². The number of fused-ring (bicyclic) bond motifs is 1. The Balaban J connectivity index is 1.97. The van der Waals surface area contributed by atoms with Gasteiger partial charge in [0.25, 0.3) is 0 Å². The molecule has 3 N–H and O–H groups in total. The number of H-pyrrole nitrogens is 1. The SMILES string of the molecule is CC(C)c1ccc(C(N)c2ccc3cn[nH]c3c2)nc1F. The van der Waals surface area contributed by atoms with Crippen LogP contribution in [-0.2, 0) is 0 Å². The second kappa shape index (κ2) is 5.26. The van der Waals surface area contributed by atoms with Crippen LogP contribution in [0.2, 0.25) is 0 Å². The highest BCUT2D eigenvalue weighted by atomic mass is 19.1. The number of aromatic amines is 1. The third kappa shape index (κ3) is 2.52. The molecule has 0 fully saturated rings. The summed E-state index contributed by atoms with van der Waals surface area (Å²) in [6.45, 7) is 3.87. The molecule has 108 valence electrons. The fourth-order valence-electron chi connectivity index (χ4n) is 2.38. The lowest BCUT2D eigenvalue weighted by atomic mass is 10.0. The molecular weight excluding hydrogens is 267 g/mol.